The molecule has 3 saturated carbocycles. The maximum Gasteiger partial charge on any atom is 0.279 e. The third-order valence-corrected chi connectivity index (χ3v) is 6.67. The maximum atomic E-state index is 10.5. The van der Waals surface area contributed by atoms with Gasteiger partial charge in [-0.2, -0.15) is 0 Å². The second-order valence-electron chi connectivity index (χ2n) is 8.27. The second-order valence-corrected chi connectivity index (χ2v) is 8.27. The summed E-state index contributed by atoms with van der Waals surface area (Å²) >= 11 is 0. The first-order valence-corrected chi connectivity index (χ1v) is 9.26. The van der Waals surface area contributed by atoms with Crippen molar-refractivity contribution in [2.45, 2.75) is 57.6 Å². The number of hydrogen-bond donors (Lipinski definition) is 1. The Morgan fingerprint density at radius 1 is 1.38 bits per heavy atom. The van der Waals surface area contributed by atoms with Crippen LogP contribution in [-0.2, 0) is 11.1 Å². The highest BCUT2D eigenvalue weighted by atomic mass is 16.5. The molecule has 0 spiro atoms. The number of para-hydroxylation sites is 1. The summed E-state index contributed by atoms with van der Waals surface area (Å²) < 4.78 is 12.0. The van der Waals surface area contributed by atoms with E-state index in [4.69, 9.17) is 9.07 Å². The van der Waals surface area contributed by atoms with Crippen LogP contribution in [0, 0.1) is 17.8 Å². The molecule has 4 heteroatoms. The molecule has 0 amide bonds. The van der Waals surface area contributed by atoms with E-state index >= 15 is 0 Å². The summed E-state index contributed by atoms with van der Waals surface area (Å²) in [6, 6.07) is 8.18. The topological polar surface area (TPSA) is 42.6 Å². The third-order valence-electron chi connectivity index (χ3n) is 6.67. The molecule has 1 heterocycles. The van der Waals surface area contributed by atoms with E-state index in [9.17, 15) is 5.11 Å². The predicted octanol–water partition coefficient (Wildman–Crippen LogP) is 3.95. The highest BCUT2D eigenvalue weighted by molar-refractivity contribution is 6.29. The van der Waals surface area contributed by atoms with E-state index in [1.54, 1.807) is 0 Å². The monoisotopic (exact) mass is 326 g/mol. The Labute approximate surface area is 144 Å². The summed E-state index contributed by atoms with van der Waals surface area (Å²) in [5.41, 5.74) is 1.82. The zero-order valence-corrected chi connectivity index (χ0v) is 14.9. The Morgan fingerprint density at radius 3 is 2.96 bits per heavy atom. The summed E-state index contributed by atoms with van der Waals surface area (Å²) in [7, 11) is 0.682. The quantitative estimate of drug-likeness (QED) is 0.846. The van der Waals surface area contributed by atoms with Gasteiger partial charge in [-0.05, 0) is 61.4 Å². The van der Waals surface area contributed by atoms with E-state index in [1.807, 2.05) is 18.4 Å². The zero-order valence-electron chi connectivity index (χ0n) is 14.9. The van der Waals surface area contributed by atoms with Gasteiger partial charge in [0.2, 0.25) is 0 Å². The van der Waals surface area contributed by atoms with E-state index < -0.39 is 0 Å². The smallest absolute Gasteiger partial charge is 0.279 e. The molecule has 1 N–H and O–H groups in total. The normalized spacial score (nSPS) is 36.3. The van der Waals surface area contributed by atoms with Crippen molar-refractivity contribution >= 4 is 18.5 Å². The molecule has 3 aliphatic rings. The van der Waals surface area contributed by atoms with Crippen molar-refractivity contribution in [3.63, 3.8) is 0 Å². The van der Waals surface area contributed by atoms with Crippen LogP contribution in [0.25, 0.3) is 11.0 Å². The van der Waals surface area contributed by atoms with E-state index in [2.05, 4.69) is 32.9 Å². The molecule has 1 aromatic heterocycles. The molecule has 24 heavy (non-hydrogen) atoms. The molecular formula is C20H27BO3. The molecular weight excluding hydrogens is 299 g/mol. The first-order valence-electron chi connectivity index (χ1n) is 9.26. The van der Waals surface area contributed by atoms with Crippen molar-refractivity contribution < 1.29 is 14.2 Å². The van der Waals surface area contributed by atoms with Crippen LogP contribution < -0.4 is 0 Å². The Kier molecular flexibility index (Phi) is 4.01. The number of fused-ring (bicyclic) bond motifs is 3. The van der Waals surface area contributed by atoms with E-state index in [0.717, 1.165) is 18.4 Å². The summed E-state index contributed by atoms with van der Waals surface area (Å²) in [6.45, 7) is 6.65. The molecule has 2 aromatic rings. The fourth-order valence-electron chi connectivity index (χ4n) is 4.87. The largest absolute Gasteiger partial charge is 0.464 e. The van der Waals surface area contributed by atoms with Gasteiger partial charge in [0.15, 0.2) is 0 Å². The molecule has 5 rings (SSSR count). The van der Waals surface area contributed by atoms with Crippen LogP contribution in [0.1, 0.15) is 39.2 Å². The van der Waals surface area contributed by atoms with Gasteiger partial charge in [-0.3, -0.25) is 0 Å². The molecule has 0 saturated heterocycles. The summed E-state index contributed by atoms with van der Waals surface area (Å²) in [6.07, 6.45) is 4.60. The number of aliphatic hydroxyl groups excluding tert-OH is 1. The molecule has 1 aromatic carbocycles. The third kappa shape index (κ3) is 2.51. The molecule has 0 aliphatic heterocycles. The SMILES string of the molecule is C[C@@H]1[C@@H]2C[C@@H](O)[C@@](C)(OB[C@@H](C)Cc3coc4ccccc34)[C@H]1C2. The van der Waals surface area contributed by atoms with Crippen molar-refractivity contribution in [3.05, 3.63) is 36.1 Å². The highest BCUT2D eigenvalue weighted by Crippen LogP contribution is 2.56. The number of furan rings is 1. The van der Waals surface area contributed by atoms with Gasteiger partial charge in [0.1, 0.15) is 5.58 Å². The van der Waals surface area contributed by atoms with Crippen LogP contribution in [0.5, 0.6) is 0 Å². The number of aliphatic hydroxyl groups is 1. The van der Waals surface area contributed by atoms with Gasteiger partial charge in [0.05, 0.1) is 18.0 Å². The number of rotatable bonds is 5. The zero-order chi connectivity index (χ0) is 16.9. The Hall–Kier alpha value is -1.26. The number of benzene rings is 1. The Bertz CT molecular complexity index is 726. The average molecular weight is 326 g/mol. The molecule has 3 nitrogen and oxygen atoms in total. The lowest BCUT2D eigenvalue weighted by Crippen LogP contribution is -2.63. The van der Waals surface area contributed by atoms with Gasteiger partial charge in [-0.25, -0.2) is 0 Å². The van der Waals surface area contributed by atoms with Crippen LogP contribution in [-0.4, -0.2) is 24.3 Å². The lowest BCUT2D eigenvalue weighted by molar-refractivity contribution is -0.196. The summed E-state index contributed by atoms with van der Waals surface area (Å²) in [5.74, 6) is 2.29. The van der Waals surface area contributed by atoms with E-state index in [1.165, 1.54) is 17.4 Å². The number of hydrogen-bond acceptors (Lipinski definition) is 3. The first kappa shape index (κ1) is 16.2. The molecule has 0 unspecified atom stereocenters. The Balaban J connectivity index is 1.40. The van der Waals surface area contributed by atoms with Crippen LogP contribution in [0.3, 0.4) is 0 Å². The highest BCUT2D eigenvalue weighted by Gasteiger charge is 2.57. The lowest BCUT2D eigenvalue weighted by atomic mass is 9.50. The fraction of sp³-hybridized carbons (Fsp3) is 0.600. The summed E-state index contributed by atoms with van der Waals surface area (Å²) in [5, 5.41) is 11.7. The Morgan fingerprint density at radius 2 is 2.17 bits per heavy atom. The minimum absolute atomic E-state index is 0.320. The van der Waals surface area contributed by atoms with Gasteiger partial charge in [0.25, 0.3) is 7.48 Å². The van der Waals surface area contributed by atoms with Crippen LogP contribution in [0.15, 0.2) is 34.9 Å². The molecule has 6 atom stereocenters. The molecule has 3 fully saturated rings. The maximum absolute atomic E-state index is 10.5. The summed E-state index contributed by atoms with van der Waals surface area (Å²) in [4.78, 5) is 0. The van der Waals surface area contributed by atoms with Gasteiger partial charge < -0.3 is 14.2 Å². The van der Waals surface area contributed by atoms with Crippen molar-refractivity contribution in [2.75, 3.05) is 0 Å². The van der Waals surface area contributed by atoms with Crippen molar-refractivity contribution in [1.82, 2.24) is 0 Å². The first-order chi connectivity index (χ1) is 11.5. The minimum Gasteiger partial charge on any atom is -0.464 e. The fourth-order valence-corrected chi connectivity index (χ4v) is 4.87. The van der Waals surface area contributed by atoms with Crippen LogP contribution >= 0.6 is 0 Å². The van der Waals surface area contributed by atoms with Gasteiger partial charge >= 0.3 is 0 Å². The minimum atomic E-state index is -0.374. The second kappa shape index (κ2) is 5.92. The van der Waals surface area contributed by atoms with Crippen molar-refractivity contribution in [3.8, 4) is 0 Å². The molecule has 128 valence electrons. The van der Waals surface area contributed by atoms with E-state index in [0.29, 0.717) is 31.1 Å². The average Bonchev–Trinajstić information content (AvgIpc) is 2.98. The van der Waals surface area contributed by atoms with E-state index in [-0.39, 0.29) is 11.7 Å². The molecule has 2 bridgehead atoms. The van der Waals surface area contributed by atoms with Crippen molar-refractivity contribution in [2.24, 2.45) is 17.8 Å². The van der Waals surface area contributed by atoms with Crippen molar-refractivity contribution in [1.29, 1.82) is 0 Å². The predicted molar refractivity (Wildman–Crippen MR) is 97.4 cm³/mol. The van der Waals surface area contributed by atoms with Crippen LogP contribution in [0.2, 0.25) is 5.82 Å². The van der Waals surface area contributed by atoms with Crippen LogP contribution in [0.4, 0.5) is 0 Å². The lowest BCUT2D eigenvalue weighted by Gasteiger charge is -2.60. The molecule has 0 radical (unpaired) electrons. The standard InChI is InChI=1S/C20H27BO3/c1-12(8-15-11-23-18-7-5-4-6-16(15)18)21-24-20(3)17-9-14(13(17)2)10-19(20)22/h4-7,11-14,17,19,21-22H,8-10H2,1-3H3/t12-,13+,14-,17-,19+,20-/m0/s1. The van der Waals surface area contributed by atoms with Gasteiger partial charge in [-0.1, -0.05) is 32.0 Å². The van der Waals surface area contributed by atoms with Gasteiger partial charge in [-0.15, -0.1) is 0 Å². The van der Waals surface area contributed by atoms with Gasteiger partial charge in [0, 0.05) is 5.39 Å². The molecule has 3 aliphatic carbocycles.